The monoisotopic (exact) mass is 231 g/mol. The molecular weight excluding hydrogens is 214 g/mol. The Morgan fingerprint density at radius 3 is 3.06 bits per heavy atom. The van der Waals surface area contributed by atoms with Gasteiger partial charge in [-0.1, -0.05) is 0 Å². The van der Waals surface area contributed by atoms with Crippen LogP contribution in [-0.2, 0) is 0 Å². The summed E-state index contributed by atoms with van der Waals surface area (Å²) in [5.74, 6) is 1.52. The first-order valence-corrected chi connectivity index (χ1v) is 5.94. The molecule has 90 valence electrons. The molecule has 1 atom stereocenters. The van der Waals surface area contributed by atoms with E-state index in [0.29, 0.717) is 17.6 Å². The van der Waals surface area contributed by atoms with Crippen LogP contribution < -0.4 is 10.2 Å². The summed E-state index contributed by atoms with van der Waals surface area (Å²) in [6, 6.07) is 4.29. The molecule has 0 amide bonds. The summed E-state index contributed by atoms with van der Waals surface area (Å²) in [6.45, 7) is 6.92. The number of anilines is 1. The Morgan fingerprint density at radius 2 is 2.29 bits per heavy atom. The van der Waals surface area contributed by atoms with Gasteiger partial charge in [-0.3, -0.25) is 0 Å². The van der Waals surface area contributed by atoms with Gasteiger partial charge in [0.15, 0.2) is 0 Å². The van der Waals surface area contributed by atoms with Crippen molar-refractivity contribution in [3.63, 3.8) is 0 Å². The van der Waals surface area contributed by atoms with Crippen molar-refractivity contribution in [2.24, 2.45) is 0 Å². The lowest BCUT2D eigenvalue weighted by molar-refractivity contribution is 0.624. The Bertz CT molecular complexity index is 437. The summed E-state index contributed by atoms with van der Waals surface area (Å²) in [6.07, 6.45) is 1.09. The minimum atomic E-state index is 0.436. The highest BCUT2D eigenvalue weighted by molar-refractivity contribution is 5.44. The minimum absolute atomic E-state index is 0.436. The summed E-state index contributed by atoms with van der Waals surface area (Å²) in [5.41, 5.74) is 0.442. The van der Waals surface area contributed by atoms with Crippen molar-refractivity contribution >= 4 is 5.82 Å². The third-order valence-electron chi connectivity index (χ3n) is 3.03. The van der Waals surface area contributed by atoms with Crippen LogP contribution >= 0.6 is 0 Å². The number of rotatable bonds is 1. The number of nitrogens with one attached hydrogen (secondary N) is 1. The van der Waals surface area contributed by atoms with Gasteiger partial charge in [-0.15, -0.1) is 0 Å². The number of aryl methyl sites for hydroxylation is 1. The van der Waals surface area contributed by atoms with Crippen LogP contribution in [0.1, 0.15) is 24.9 Å². The first-order valence-electron chi connectivity index (χ1n) is 5.94. The number of hydrogen-bond donors (Lipinski definition) is 1. The van der Waals surface area contributed by atoms with Crippen molar-refractivity contribution in [1.29, 1.82) is 5.26 Å². The van der Waals surface area contributed by atoms with Gasteiger partial charge < -0.3 is 10.2 Å². The minimum Gasteiger partial charge on any atom is -0.352 e. The van der Waals surface area contributed by atoms with Gasteiger partial charge in [-0.25, -0.2) is 9.97 Å². The molecule has 1 fully saturated rings. The van der Waals surface area contributed by atoms with Crippen LogP contribution in [-0.4, -0.2) is 35.6 Å². The van der Waals surface area contributed by atoms with E-state index in [9.17, 15) is 0 Å². The lowest BCUT2D eigenvalue weighted by Crippen LogP contribution is -2.35. The maximum Gasteiger partial charge on any atom is 0.146 e. The van der Waals surface area contributed by atoms with E-state index in [1.165, 1.54) is 0 Å². The molecule has 1 aromatic rings. The van der Waals surface area contributed by atoms with Gasteiger partial charge in [-0.2, -0.15) is 5.26 Å². The number of nitrogens with zero attached hydrogens (tertiary/aromatic N) is 4. The van der Waals surface area contributed by atoms with Crippen molar-refractivity contribution in [2.75, 3.05) is 24.5 Å². The predicted molar refractivity (Wildman–Crippen MR) is 65.8 cm³/mol. The van der Waals surface area contributed by atoms with Crippen LogP contribution in [0.25, 0.3) is 0 Å². The summed E-state index contributed by atoms with van der Waals surface area (Å²) in [7, 11) is 0. The molecule has 5 nitrogen and oxygen atoms in total. The van der Waals surface area contributed by atoms with Crippen LogP contribution in [0.5, 0.6) is 0 Å². The fraction of sp³-hybridized carbons (Fsp3) is 0.583. The van der Waals surface area contributed by atoms with E-state index in [2.05, 4.69) is 33.2 Å². The van der Waals surface area contributed by atoms with Gasteiger partial charge in [0.2, 0.25) is 0 Å². The molecule has 5 heteroatoms. The summed E-state index contributed by atoms with van der Waals surface area (Å²) in [4.78, 5) is 10.8. The van der Waals surface area contributed by atoms with Gasteiger partial charge in [-0.05, 0) is 26.8 Å². The molecule has 0 radical (unpaired) electrons. The molecule has 1 aliphatic heterocycles. The molecular formula is C12H17N5. The Hall–Kier alpha value is -1.67. The quantitative estimate of drug-likeness (QED) is 0.776. The van der Waals surface area contributed by atoms with E-state index in [0.717, 1.165) is 31.9 Å². The summed E-state index contributed by atoms with van der Waals surface area (Å²) < 4.78 is 0. The smallest absolute Gasteiger partial charge is 0.146 e. The largest absolute Gasteiger partial charge is 0.352 e. The SMILES string of the molecule is Cc1nc(C#N)cc(N2CCNCC[C@@H]2C)n1. The highest BCUT2D eigenvalue weighted by Crippen LogP contribution is 2.17. The number of aromatic nitrogens is 2. The van der Waals surface area contributed by atoms with Crippen molar-refractivity contribution in [3.05, 3.63) is 17.6 Å². The van der Waals surface area contributed by atoms with Crippen LogP contribution in [0, 0.1) is 18.3 Å². The molecule has 0 saturated carbocycles. The zero-order chi connectivity index (χ0) is 12.3. The van der Waals surface area contributed by atoms with Gasteiger partial charge in [0, 0.05) is 25.2 Å². The van der Waals surface area contributed by atoms with E-state index in [1.807, 2.05) is 6.92 Å². The van der Waals surface area contributed by atoms with Gasteiger partial charge >= 0.3 is 0 Å². The second-order valence-corrected chi connectivity index (χ2v) is 4.35. The zero-order valence-electron chi connectivity index (χ0n) is 10.3. The normalized spacial score (nSPS) is 20.8. The van der Waals surface area contributed by atoms with Crippen molar-refractivity contribution in [2.45, 2.75) is 26.3 Å². The molecule has 0 spiro atoms. The first-order chi connectivity index (χ1) is 8.20. The van der Waals surface area contributed by atoms with Crippen LogP contribution in [0.2, 0.25) is 0 Å². The average Bonchev–Trinajstić information content (AvgIpc) is 2.53. The van der Waals surface area contributed by atoms with E-state index >= 15 is 0 Å². The van der Waals surface area contributed by atoms with Gasteiger partial charge in [0.05, 0.1) is 0 Å². The molecule has 17 heavy (non-hydrogen) atoms. The second-order valence-electron chi connectivity index (χ2n) is 4.35. The lowest BCUT2D eigenvalue weighted by Gasteiger charge is -2.28. The standard InChI is InChI=1S/C12H17N5/c1-9-3-4-14-5-6-17(9)12-7-11(8-13)15-10(2)16-12/h7,9,14H,3-6H2,1-2H3/t9-/m0/s1. The Balaban J connectivity index is 2.31. The van der Waals surface area contributed by atoms with Gasteiger partial charge in [0.1, 0.15) is 23.4 Å². The van der Waals surface area contributed by atoms with E-state index in [-0.39, 0.29) is 0 Å². The topological polar surface area (TPSA) is 64.8 Å². The van der Waals surface area contributed by atoms with Crippen LogP contribution in [0.15, 0.2) is 6.07 Å². The number of hydrogen-bond acceptors (Lipinski definition) is 5. The Morgan fingerprint density at radius 1 is 1.47 bits per heavy atom. The number of nitriles is 1. The maximum absolute atomic E-state index is 8.94. The lowest BCUT2D eigenvalue weighted by atomic mass is 10.2. The maximum atomic E-state index is 8.94. The van der Waals surface area contributed by atoms with Crippen molar-refractivity contribution < 1.29 is 0 Å². The third kappa shape index (κ3) is 2.71. The highest BCUT2D eigenvalue weighted by Gasteiger charge is 2.18. The van der Waals surface area contributed by atoms with Gasteiger partial charge in [0.25, 0.3) is 0 Å². The molecule has 0 unspecified atom stereocenters. The Kier molecular flexibility index (Phi) is 3.55. The molecule has 1 aromatic heterocycles. The average molecular weight is 231 g/mol. The van der Waals surface area contributed by atoms with E-state index < -0.39 is 0 Å². The van der Waals surface area contributed by atoms with Crippen molar-refractivity contribution in [3.8, 4) is 6.07 Å². The van der Waals surface area contributed by atoms with Crippen LogP contribution in [0.3, 0.4) is 0 Å². The molecule has 1 aliphatic rings. The first kappa shape index (κ1) is 11.8. The fourth-order valence-corrected chi connectivity index (χ4v) is 2.11. The molecule has 0 aliphatic carbocycles. The Labute approximate surface area is 101 Å². The molecule has 0 aromatic carbocycles. The van der Waals surface area contributed by atoms with E-state index in [1.54, 1.807) is 6.07 Å². The molecule has 2 heterocycles. The van der Waals surface area contributed by atoms with E-state index in [4.69, 9.17) is 5.26 Å². The molecule has 1 saturated heterocycles. The zero-order valence-corrected chi connectivity index (χ0v) is 10.3. The summed E-state index contributed by atoms with van der Waals surface area (Å²) in [5, 5.41) is 12.3. The highest BCUT2D eigenvalue weighted by atomic mass is 15.2. The molecule has 2 rings (SSSR count). The van der Waals surface area contributed by atoms with Crippen LogP contribution in [0.4, 0.5) is 5.82 Å². The summed E-state index contributed by atoms with van der Waals surface area (Å²) >= 11 is 0. The second kappa shape index (κ2) is 5.11. The predicted octanol–water partition coefficient (Wildman–Crippen LogP) is 0.845. The third-order valence-corrected chi connectivity index (χ3v) is 3.03. The fourth-order valence-electron chi connectivity index (χ4n) is 2.11. The molecule has 0 bridgehead atoms. The molecule has 1 N–H and O–H groups in total. The van der Waals surface area contributed by atoms with Crippen molar-refractivity contribution in [1.82, 2.24) is 15.3 Å².